The third kappa shape index (κ3) is 4.82. The SMILES string of the molecule is N[C@@H](C(=O)O)C(I)c1ccc(Oc2cc(I)c(O)c(I)c2)cc1. The summed E-state index contributed by atoms with van der Waals surface area (Å²) in [7, 11) is 0. The van der Waals surface area contributed by atoms with E-state index in [9.17, 15) is 9.90 Å². The van der Waals surface area contributed by atoms with E-state index in [0.717, 1.165) is 5.56 Å². The quantitative estimate of drug-likeness (QED) is 0.332. The van der Waals surface area contributed by atoms with Crippen LogP contribution >= 0.6 is 67.8 Å². The van der Waals surface area contributed by atoms with Crippen molar-refractivity contribution in [2.24, 2.45) is 5.73 Å². The molecule has 2 rings (SSSR count). The zero-order valence-corrected chi connectivity index (χ0v) is 18.0. The Hall–Kier alpha value is -0.340. The number of aromatic hydroxyl groups is 1. The van der Waals surface area contributed by atoms with Crippen LogP contribution in [-0.2, 0) is 4.79 Å². The predicted molar refractivity (Wildman–Crippen MR) is 112 cm³/mol. The van der Waals surface area contributed by atoms with Crippen LogP contribution < -0.4 is 10.5 Å². The highest BCUT2D eigenvalue weighted by atomic mass is 127. The number of hydrogen-bond donors (Lipinski definition) is 3. The second kappa shape index (κ2) is 8.16. The fourth-order valence-electron chi connectivity index (χ4n) is 1.79. The first-order valence-electron chi connectivity index (χ1n) is 6.38. The lowest BCUT2D eigenvalue weighted by Crippen LogP contribution is -2.33. The minimum Gasteiger partial charge on any atom is -0.506 e. The van der Waals surface area contributed by atoms with Crippen molar-refractivity contribution in [2.45, 2.75) is 9.97 Å². The molecule has 4 N–H and O–H groups in total. The van der Waals surface area contributed by atoms with E-state index in [-0.39, 0.29) is 9.67 Å². The molecular formula is C15H12I3NO4. The predicted octanol–water partition coefficient (Wildman–Crippen LogP) is 4.28. The third-order valence-electron chi connectivity index (χ3n) is 3.03. The van der Waals surface area contributed by atoms with Crippen molar-refractivity contribution < 1.29 is 19.7 Å². The van der Waals surface area contributed by atoms with Gasteiger partial charge in [-0.2, -0.15) is 0 Å². The first-order valence-corrected chi connectivity index (χ1v) is 9.78. The summed E-state index contributed by atoms with van der Waals surface area (Å²) in [5.74, 6) is 0.457. The van der Waals surface area contributed by atoms with Gasteiger partial charge in [-0.05, 0) is 75.0 Å². The highest BCUT2D eigenvalue weighted by Crippen LogP contribution is 2.34. The van der Waals surface area contributed by atoms with Crippen molar-refractivity contribution in [3.05, 3.63) is 49.1 Å². The van der Waals surface area contributed by atoms with Crippen LogP contribution in [0.1, 0.15) is 9.49 Å². The molecule has 0 aliphatic heterocycles. The number of carboxylic acid groups (broad SMARTS) is 1. The van der Waals surface area contributed by atoms with Gasteiger partial charge in [-0.1, -0.05) is 34.7 Å². The van der Waals surface area contributed by atoms with Crippen LogP contribution in [0.2, 0.25) is 0 Å². The van der Waals surface area contributed by atoms with E-state index >= 15 is 0 Å². The number of nitrogens with two attached hydrogens (primary N) is 1. The molecule has 0 aliphatic rings. The van der Waals surface area contributed by atoms with E-state index in [2.05, 4.69) is 0 Å². The molecule has 2 atom stereocenters. The standard InChI is InChI=1S/C15H12I3NO4/c16-10-5-9(6-11(17)14(10)20)23-8-3-1-7(2-4-8)12(18)13(19)15(21)22/h1-6,12-13,20H,19H2,(H,21,22)/t12?,13-/m1/s1. The minimum absolute atomic E-state index is 0.240. The summed E-state index contributed by atoms with van der Waals surface area (Å²) >= 11 is 6.10. The monoisotopic (exact) mass is 651 g/mol. The molecule has 0 saturated carbocycles. The van der Waals surface area contributed by atoms with Crippen molar-refractivity contribution in [3.8, 4) is 17.2 Å². The molecule has 0 fully saturated rings. The van der Waals surface area contributed by atoms with Crippen molar-refractivity contribution in [3.63, 3.8) is 0 Å². The van der Waals surface area contributed by atoms with Crippen LogP contribution in [0.15, 0.2) is 36.4 Å². The molecule has 8 heteroatoms. The molecule has 0 aromatic heterocycles. The van der Waals surface area contributed by atoms with Gasteiger partial charge in [-0.15, -0.1) is 0 Å². The first-order chi connectivity index (χ1) is 10.8. The number of carbonyl (C=O) groups is 1. The average molecular weight is 651 g/mol. The van der Waals surface area contributed by atoms with E-state index in [1.807, 2.05) is 67.8 Å². The number of aliphatic carboxylic acids is 1. The van der Waals surface area contributed by atoms with Gasteiger partial charge < -0.3 is 20.7 Å². The lowest BCUT2D eigenvalue weighted by atomic mass is 10.1. The topological polar surface area (TPSA) is 92.8 Å². The summed E-state index contributed by atoms with van der Waals surface area (Å²) in [6.45, 7) is 0. The molecule has 2 aromatic rings. The van der Waals surface area contributed by atoms with Crippen molar-refractivity contribution in [1.29, 1.82) is 0 Å². The van der Waals surface area contributed by atoms with Crippen LogP contribution in [-0.4, -0.2) is 22.2 Å². The number of phenolic OH excluding ortho intramolecular Hbond substituents is 1. The molecule has 0 spiro atoms. The molecule has 5 nitrogen and oxygen atoms in total. The smallest absolute Gasteiger partial charge is 0.321 e. The molecule has 122 valence electrons. The van der Waals surface area contributed by atoms with E-state index in [4.69, 9.17) is 15.6 Å². The second-order valence-electron chi connectivity index (χ2n) is 4.67. The fourth-order valence-corrected chi connectivity index (χ4v) is 4.22. The van der Waals surface area contributed by atoms with Gasteiger partial charge in [0, 0.05) is 0 Å². The molecule has 0 amide bonds. The van der Waals surface area contributed by atoms with Crippen molar-refractivity contribution in [1.82, 2.24) is 0 Å². The zero-order valence-electron chi connectivity index (χ0n) is 11.5. The van der Waals surface area contributed by atoms with E-state index in [1.54, 1.807) is 36.4 Å². The molecule has 1 unspecified atom stereocenters. The lowest BCUT2D eigenvalue weighted by Gasteiger charge is -2.15. The van der Waals surface area contributed by atoms with Gasteiger partial charge in [0.25, 0.3) is 0 Å². The van der Waals surface area contributed by atoms with E-state index < -0.39 is 12.0 Å². The summed E-state index contributed by atoms with van der Waals surface area (Å²) in [5.41, 5.74) is 6.46. The van der Waals surface area contributed by atoms with Crippen molar-refractivity contribution in [2.75, 3.05) is 0 Å². The molecule has 2 aromatic carbocycles. The number of phenols is 1. The highest BCUT2D eigenvalue weighted by molar-refractivity contribution is 14.1. The summed E-state index contributed by atoms with van der Waals surface area (Å²) in [4.78, 5) is 10.9. The maximum absolute atomic E-state index is 10.9. The largest absolute Gasteiger partial charge is 0.506 e. The van der Waals surface area contributed by atoms with Crippen LogP contribution in [0.3, 0.4) is 0 Å². The molecule has 0 saturated heterocycles. The van der Waals surface area contributed by atoms with Gasteiger partial charge in [0.05, 0.1) is 11.1 Å². The summed E-state index contributed by atoms with van der Waals surface area (Å²) in [6, 6.07) is 9.66. The highest BCUT2D eigenvalue weighted by Gasteiger charge is 2.23. The van der Waals surface area contributed by atoms with Crippen LogP contribution in [0, 0.1) is 7.14 Å². The number of alkyl halides is 1. The normalized spacial score (nSPS) is 13.4. The number of carboxylic acids is 1. The van der Waals surface area contributed by atoms with Crippen LogP contribution in [0.4, 0.5) is 0 Å². The van der Waals surface area contributed by atoms with E-state index in [0.29, 0.717) is 18.6 Å². The maximum atomic E-state index is 10.9. The minimum atomic E-state index is -1.03. The van der Waals surface area contributed by atoms with Crippen LogP contribution in [0.5, 0.6) is 17.2 Å². The Bertz CT molecular complexity index is 698. The zero-order chi connectivity index (χ0) is 17.1. The van der Waals surface area contributed by atoms with E-state index in [1.165, 1.54) is 0 Å². The molecular weight excluding hydrogens is 639 g/mol. The van der Waals surface area contributed by atoms with Gasteiger partial charge in [0.15, 0.2) is 0 Å². The summed E-state index contributed by atoms with van der Waals surface area (Å²) < 4.78 is 6.86. The summed E-state index contributed by atoms with van der Waals surface area (Å²) in [6.07, 6.45) is 0. The Balaban J connectivity index is 2.16. The lowest BCUT2D eigenvalue weighted by molar-refractivity contribution is -0.138. The Kier molecular flexibility index (Phi) is 6.74. The molecule has 0 bridgehead atoms. The van der Waals surface area contributed by atoms with Crippen LogP contribution in [0.25, 0.3) is 0 Å². The summed E-state index contributed by atoms with van der Waals surface area (Å²) in [5, 5.41) is 18.7. The molecule has 0 aliphatic carbocycles. The Morgan fingerprint density at radius 1 is 1.09 bits per heavy atom. The molecule has 0 radical (unpaired) electrons. The number of rotatable bonds is 5. The number of hydrogen-bond acceptors (Lipinski definition) is 4. The van der Waals surface area contributed by atoms with Crippen molar-refractivity contribution >= 4 is 73.7 Å². The van der Waals surface area contributed by atoms with Gasteiger partial charge in [-0.3, -0.25) is 4.79 Å². The molecule has 0 heterocycles. The Labute approximate surface area is 174 Å². The fraction of sp³-hybridized carbons (Fsp3) is 0.133. The maximum Gasteiger partial charge on any atom is 0.321 e. The number of halogens is 3. The van der Waals surface area contributed by atoms with Gasteiger partial charge in [-0.25, -0.2) is 0 Å². The van der Waals surface area contributed by atoms with Gasteiger partial charge in [0.1, 0.15) is 23.3 Å². The Morgan fingerprint density at radius 3 is 2.09 bits per heavy atom. The number of benzene rings is 2. The Morgan fingerprint density at radius 2 is 1.61 bits per heavy atom. The second-order valence-corrected chi connectivity index (χ2v) is 8.34. The first kappa shape index (κ1) is 19.0. The third-order valence-corrected chi connectivity index (χ3v) is 6.16. The average Bonchev–Trinajstić information content (AvgIpc) is 2.51. The van der Waals surface area contributed by atoms with Gasteiger partial charge >= 0.3 is 5.97 Å². The molecule has 23 heavy (non-hydrogen) atoms. The van der Waals surface area contributed by atoms with Gasteiger partial charge in [0.2, 0.25) is 0 Å². The number of ether oxygens (including phenoxy) is 1.